The van der Waals surface area contributed by atoms with Crippen LogP contribution in [0.2, 0.25) is 0 Å². The first-order chi connectivity index (χ1) is 9.63. The predicted molar refractivity (Wildman–Crippen MR) is 68.5 cm³/mol. The molecule has 0 saturated heterocycles. The predicted octanol–water partition coefficient (Wildman–Crippen LogP) is 1.60. The van der Waals surface area contributed by atoms with Crippen molar-refractivity contribution in [3.63, 3.8) is 0 Å². The summed E-state index contributed by atoms with van der Waals surface area (Å²) in [5, 5.41) is 8.67. The summed E-state index contributed by atoms with van der Waals surface area (Å²) >= 11 is 0. The van der Waals surface area contributed by atoms with Crippen molar-refractivity contribution in [1.29, 1.82) is 0 Å². The number of hydrogen-bond acceptors (Lipinski definition) is 5. The number of aromatic amines is 1. The topological polar surface area (TPSA) is 89.1 Å². The maximum atomic E-state index is 13.5. The second kappa shape index (κ2) is 6.00. The molecule has 0 radical (unpaired) electrons. The van der Waals surface area contributed by atoms with Gasteiger partial charge in [-0.25, -0.2) is 9.49 Å². The summed E-state index contributed by atoms with van der Waals surface area (Å²) in [5.41, 5.74) is 0.137. The van der Waals surface area contributed by atoms with E-state index in [-0.39, 0.29) is 23.3 Å². The van der Waals surface area contributed by atoms with Crippen molar-refractivity contribution in [3.8, 4) is 11.8 Å². The van der Waals surface area contributed by atoms with Crippen molar-refractivity contribution in [2.75, 3.05) is 19.0 Å². The second-order valence-electron chi connectivity index (χ2n) is 3.70. The number of ether oxygens (including phenoxy) is 2. The van der Waals surface area contributed by atoms with Gasteiger partial charge in [-0.2, -0.15) is 4.98 Å². The molecule has 1 amide bonds. The average Bonchev–Trinajstić information content (AvgIpc) is 2.86. The number of aromatic nitrogens is 3. The molecule has 0 saturated carbocycles. The minimum absolute atomic E-state index is 0.0693. The lowest BCUT2D eigenvalue weighted by Crippen LogP contribution is -2.13. The maximum Gasteiger partial charge on any atom is 0.337 e. The molecule has 0 atom stereocenters. The van der Waals surface area contributed by atoms with E-state index in [1.54, 1.807) is 6.92 Å². The van der Waals surface area contributed by atoms with Crippen molar-refractivity contribution in [2.24, 2.45) is 0 Å². The number of carbonyl (C=O) groups excluding carboxylic acids is 1. The van der Waals surface area contributed by atoms with Crippen LogP contribution in [0, 0.1) is 5.82 Å². The number of H-pyrrole nitrogens is 1. The Labute approximate surface area is 114 Å². The van der Waals surface area contributed by atoms with Crippen LogP contribution in [-0.4, -0.2) is 34.8 Å². The van der Waals surface area contributed by atoms with Crippen molar-refractivity contribution >= 4 is 11.9 Å². The van der Waals surface area contributed by atoms with E-state index >= 15 is 0 Å². The SMILES string of the molecule is CCOc1n[nH]c(NC(=O)c2ccc(OC)c(F)c2)n1. The lowest BCUT2D eigenvalue weighted by atomic mass is 10.2. The summed E-state index contributed by atoms with van der Waals surface area (Å²) in [6.45, 7) is 2.20. The van der Waals surface area contributed by atoms with Gasteiger partial charge in [0.15, 0.2) is 11.6 Å². The fourth-order valence-corrected chi connectivity index (χ4v) is 1.48. The lowest BCUT2D eigenvalue weighted by Gasteiger charge is -2.04. The van der Waals surface area contributed by atoms with E-state index in [1.165, 1.54) is 19.2 Å². The largest absolute Gasteiger partial charge is 0.494 e. The Morgan fingerprint density at radius 2 is 2.30 bits per heavy atom. The molecule has 0 unspecified atom stereocenters. The molecule has 2 aromatic rings. The van der Waals surface area contributed by atoms with Crippen LogP contribution in [0.15, 0.2) is 18.2 Å². The molecule has 8 heteroatoms. The normalized spacial score (nSPS) is 10.2. The van der Waals surface area contributed by atoms with Gasteiger partial charge in [-0.15, -0.1) is 5.10 Å². The zero-order valence-corrected chi connectivity index (χ0v) is 10.9. The number of anilines is 1. The molecule has 0 spiro atoms. The van der Waals surface area contributed by atoms with E-state index in [2.05, 4.69) is 20.5 Å². The van der Waals surface area contributed by atoms with E-state index in [0.29, 0.717) is 6.61 Å². The third kappa shape index (κ3) is 3.02. The number of carbonyl (C=O) groups is 1. The minimum Gasteiger partial charge on any atom is -0.494 e. The molecule has 7 nitrogen and oxygen atoms in total. The summed E-state index contributed by atoms with van der Waals surface area (Å²) in [6.07, 6.45) is 0. The van der Waals surface area contributed by atoms with Crippen molar-refractivity contribution in [3.05, 3.63) is 29.6 Å². The highest BCUT2D eigenvalue weighted by atomic mass is 19.1. The van der Waals surface area contributed by atoms with E-state index in [1.807, 2.05) is 0 Å². The van der Waals surface area contributed by atoms with Crippen LogP contribution in [-0.2, 0) is 0 Å². The molecular formula is C12H13FN4O3. The fourth-order valence-electron chi connectivity index (χ4n) is 1.48. The van der Waals surface area contributed by atoms with Gasteiger partial charge < -0.3 is 9.47 Å². The Morgan fingerprint density at radius 3 is 2.95 bits per heavy atom. The van der Waals surface area contributed by atoms with Crippen LogP contribution in [0.4, 0.5) is 10.3 Å². The molecule has 1 aromatic heterocycles. The van der Waals surface area contributed by atoms with Gasteiger partial charge in [-0.3, -0.25) is 10.1 Å². The quantitative estimate of drug-likeness (QED) is 0.868. The molecule has 1 heterocycles. The number of halogens is 1. The Bertz CT molecular complexity index is 614. The minimum atomic E-state index is -0.618. The molecule has 0 bridgehead atoms. The van der Waals surface area contributed by atoms with Crippen molar-refractivity contribution < 1.29 is 18.7 Å². The van der Waals surface area contributed by atoms with Crippen LogP contribution in [0.3, 0.4) is 0 Å². The molecular weight excluding hydrogens is 267 g/mol. The number of rotatable bonds is 5. The van der Waals surface area contributed by atoms with E-state index in [4.69, 9.17) is 9.47 Å². The van der Waals surface area contributed by atoms with Crippen molar-refractivity contribution in [2.45, 2.75) is 6.92 Å². The smallest absolute Gasteiger partial charge is 0.337 e. The lowest BCUT2D eigenvalue weighted by molar-refractivity contribution is 0.102. The fraction of sp³-hybridized carbons (Fsp3) is 0.250. The zero-order chi connectivity index (χ0) is 14.5. The number of benzene rings is 1. The molecule has 0 aliphatic carbocycles. The molecule has 0 aliphatic rings. The number of nitrogens with one attached hydrogen (secondary N) is 2. The highest BCUT2D eigenvalue weighted by Crippen LogP contribution is 2.18. The first-order valence-electron chi connectivity index (χ1n) is 5.84. The summed E-state index contributed by atoms with van der Waals surface area (Å²) in [6, 6.07) is 4.02. The Hall–Kier alpha value is -2.64. The number of methoxy groups -OCH3 is 1. The summed E-state index contributed by atoms with van der Waals surface area (Å²) in [7, 11) is 1.35. The van der Waals surface area contributed by atoms with Crippen LogP contribution in [0.25, 0.3) is 0 Å². The van der Waals surface area contributed by atoms with Crippen LogP contribution in [0.5, 0.6) is 11.8 Å². The first-order valence-corrected chi connectivity index (χ1v) is 5.84. The van der Waals surface area contributed by atoms with Crippen LogP contribution >= 0.6 is 0 Å². The van der Waals surface area contributed by atoms with Crippen molar-refractivity contribution in [1.82, 2.24) is 15.2 Å². The van der Waals surface area contributed by atoms with Crippen LogP contribution in [0.1, 0.15) is 17.3 Å². The second-order valence-corrected chi connectivity index (χ2v) is 3.70. The van der Waals surface area contributed by atoms with E-state index in [0.717, 1.165) is 6.07 Å². The van der Waals surface area contributed by atoms with Gasteiger partial charge in [0.05, 0.1) is 13.7 Å². The third-order valence-electron chi connectivity index (χ3n) is 2.38. The summed E-state index contributed by atoms with van der Waals surface area (Å²) in [5.74, 6) is -0.951. The standard InChI is InChI=1S/C12H13FN4O3/c1-3-20-12-15-11(16-17-12)14-10(18)7-4-5-9(19-2)8(13)6-7/h4-6H,3H2,1-2H3,(H2,14,15,16,17,18). The molecule has 1 aromatic carbocycles. The van der Waals surface area contributed by atoms with E-state index < -0.39 is 11.7 Å². The molecule has 20 heavy (non-hydrogen) atoms. The van der Waals surface area contributed by atoms with Gasteiger partial charge in [-0.1, -0.05) is 0 Å². The van der Waals surface area contributed by atoms with Gasteiger partial charge >= 0.3 is 6.01 Å². The molecule has 0 fully saturated rings. The number of amides is 1. The van der Waals surface area contributed by atoms with Gasteiger partial charge in [0, 0.05) is 5.56 Å². The van der Waals surface area contributed by atoms with Gasteiger partial charge in [0.1, 0.15) is 0 Å². The zero-order valence-electron chi connectivity index (χ0n) is 10.9. The highest BCUT2D eigenvalue weighted by molar-refractivity contribution is 6.03. The Kier molecular flexibility index (Phi) is 4.14. The summed E-state index contributed by atoms with van der Waals surface area (Å²) < 4.78 is 23.3. The Balaban J connectivity index is 2.09. The molecule has 2 rings (SSSR count). The molecule has 0 aliphatic heterocycles. The first kappa shape index (κ1) is 13.8. The highest BCUT2D eigenvalue weighted by Gasteiger charge is 2.12. The number of nitrogens with zero attached hydrogens (tertiary/aromatic N) is 2. The van der Waals surface area contributed by atoms with Crippen LogP contribution < -0.4 is 14.8 Å². The summed E-state index contributed by atoms with van der Waals surface area (Å²) in [4.78, 5) is 15.8. The van der Waals surface area contributed by atoms with E-state index in [9.17, 15) is 9.18 Å². The molecule has 106 valence electrons. The maximum absolute atomic E-state index is 13.5. The third-order valence-corrected chi connectivity index (χ3v) is 2.38. The van der Waals surface area contributed by atoms with Gasteiger partial charge in [-0.05, 0) is 25.1 Å². The van der Waals surface area contributed by atoms with Gasteiger partial charge in [0.2, 0.25) is 5.95 Å². The van der Waals surface area contributed by atoms with Gasteiger partial charge in [0.25, 0.3) is 5.91 Å². The number of hydrogen-bond donors (Lipinski definition) is 2. The molecule has 2 N–H and O–H groups in total. The Morgan fingerprint density at radius 1 is 1.50 bits per heavy atom. The average molecular weight is 280 g/mol. The monoisotopic (exact) mass is 280 g/mol.